The third-order valence-electron chi connectivity index (χ3n) is 4.28. The zero-order valence-corrected chi connectivity index (χ0v) is 12.8. The molecule has 23 heavy (non-hydrogen) atoms. The molecule has 122 valence electrons. The Kier molecular flexibility index (Phi) is 4.62. The fourth-order valence-corrected chi connectivity index (χ4v) is 3.09. The number of hydrogen-bond donors (Lipinski definition) is 2. The predicted molar refractivity (Wildman–Crippen MR) is 85.4 cm³/mol. The maximum Gasteiger partial charge on any atom is 0.305 e. The second-order valence-electron chi connectivity index (χ2n) is 5.73. The monoisotopic (exact) mass is 316 g/mol. The zero-order valence-electron chi connectivity index (χ0n) is 12.8. The van der Waals surface area contributed by atoms with Crippen molar-refractivity contribution in [3.05, 3.63) is 36.0 Å². The Balaban J connectivity index is 1.89. The Morgan fingerprint density at radius 3 is 2.78 bits per heavy atom. The fraction of sp³-hybridized carbons (Fsp3) is 0.412. The molecule has 1 aliphatic rings. The van der Waals surface area contributed by atoms with Crippen LogP contribution in [0, 0.1) is 0 Å². The number of carboxylic acid groups (broad SMARTS) is 1. The Labute approximate surface area is 134 Å². The molecule has 1 aromatic carbocycles. The number of amides is 1. The first-order valence-corrected chi connectivity index (χ1v) is 7.83. The molecule has 3 rings (SSSR count). The van der Waals surface area contributed by atoms with Crippen LogP contribution < -0.4 is 0 Å². The molecule has 0 bridgehead atoms. The van der Waals surface area contributed by atoms with E-state index in [1.54, 1.807) is 17.2 Å². The van der Waals surface area contributed by atoms with E-state index in [0.29, 0.717) is 18.8 Å². The minimum Gasteiger partial charge on any atom is -0.481 e. The molecule has 1 aliphatic heterocycles. The summed E-state index contributed by atoms with van der Waals surface area (Å²) in [6.45, 7) is 1.44. The van der Waals surface area contributed by atoms with Crippen LogP contribution >= 0.6 is 0 Å². The molecule has 0 saturated carbocycles. The largest absolute Gasteiger partial charge is 0.481 e. The lowest BCUT2D eigenvalue weighted by Gasteiger charge is -2.34. The van der Waals surface area contributed by atoms with Gasteiger partial charge < -0.3 is 19.7 Å². The summed E-state index contributed by atoms with van der Waals surface area (Å²) in [4.78, 5) is 28.8. The van der Waals surface area contributed by atoms with Crippen molar-refractivity contribution in [1.29, 1.82) is 0 Å². The number of hydrogen-bond acceptors (Lipinski definition) is 3. The summed E-state index contributed by atoms with van der Waals surface area (Å²) in [6, 6.07) is 7.46. The molecule has 0 unspecified atom stereocenters. The zero-order chi connectivity index (χ0) is 16.2. The molecule has 1 fully saturated rings. The highest BCUT2D eigenvalue weighted by atomic mass is 16.5. The van der Waals surface area contributed by atoms with Crippen LogP contribution in [0.15, 0.2) is 30.5 Å². The van der Waals surface area contributed by atoms with E-state index < -0.39 is 5.97 Å². The van der Waals surface area contributed by atoms with Crippen LogP contribution in [0.3, 0.4) is 0 Å². The first-order valence-electron chi connectivity index (χ1n) is 7.83. The number of aliphatic carboxylic acids is 1. The predicted octanol–water partition coefficient (Wildman–Crippen LogP) is 2.26. The molecule has 0 spiro atoms. The average molecular weight is 316 g/mol. The van der Waals surface area contributed by atoms with Crippen LogP contribution in [-0.2, 0) is 9.53 Å². The minimum absolute atomic E-state index is 0.0322. The number of nitrogens with zero attached hydrogens (tertiary/aromatic N) is 1. The molecule has 0 aliphatic carbocycles. The van der Waals surface area contributed by atoms with Crippen molar-refractivity contribution in [3.8, 4) is 0 Å². The van der Waals surface area contributed by atoms with Crippen molar-refractivity contribution in [2.75, 3.05) is 19.8 Å². The van der Waals surface area contributed by atoms with E-state index in [1.165, 1.54) is 0 Å². The van der Waals surface area contributed by atoms with Crippen LogP contribution in [0.25, 0.3) is 10.9 Å². The van der Waals surface area contributed by atoms with Gasteiger partial charge in [0.1, 0.15) is 0 Å². The molecule has 2 N–H and O–H groups in total. The van der Waals surface area contributed by atoms with E-state index in [-0.39, 0.29) is 24.9 Å². The number of carbonyl (C=O) groups is 2. The maximum absolute atomic E-state index is 13.0. The number of benzene rings is 1. The van der Waals surface area contributed by atoms with Gasteiger partial charge in [-0.1, -0.05) is 6.07 Å². The molecule has 0 radical (unpaired) electrons. The third-order valence-corrected chi connectivity index (χ3v) is 4.28. The van der Waals surface area contributed by atoms with Gasteiger partial charge in [0.25, 0.3) is 5.91 Å². The van der Waals surface area contributed by atoms with Crippen LogP contribution in [0.4, 0.5) is 0 Å². The van der Waals surface area contributed by atoms with Crippen LogP contribution in [0.1, 0.15) is 29.6 Å². The number of carbonyl (C=O) groups excluding carboxylic acids is 1. The molecule has 2 heterocycles. The maximum atomic E-state index is 13.0. The quantitative estimate of drug-likeness (QED) is 0.886. The van der Waals surface area contributed by atoms with Gasteiger partial charge in [0.05, 0.1) is 6.42 Å². The van der Waals surface area contributed by atoms with Gasteiger partial charge in [0, 0.05) is 48.5 Å². The Bertz CT molecular complexity index is 703. The van der Waals surface area contributed by atoms with Crippen molar-refractivity contribution in [2.45, 2.75) is 25.3 Å². The van der Waals surface area contributed by atoms with Crippen LogP contribution in [-0.4, -0.2) is 52.7 Å². The van der Waals surface area contributed by atoms with Gasteiger partial charge in [-0.05, 0) is 31.0 Å². The number of aromatic amines is 1. The summed E-state index contributed by atoms with van der Waals surface area (Å²) in [5.74, 6) is -1.00. The molecule has 1 saturated heterocycles. The normalized spacial score (nSPS) is 15.7. The van der Waals surface area contributed by atoms with E-state index in [4.69, 9.17) is 9.84 Å². The Morgan fingerprint density at radius 1 is 1.26 bits per heavy atom. The van der Waals surface area contributed by atoms with Gasteiger partial charge in [-0.15, -0.1) is 0 Å². The highest BCUT2D eigenvalue weighted by Crippen LogP contribution is 2.23. The van der Waals surface area contributed by atoms with Gasteiger partial charge in [-0.25, -0.2) is 0 Å². The number of aromatic nitrogens is 1. The number of fused-ring (bicyclic) bond motifs is 1. The molecular weight excluding hydrogens is 296 g/mol. The molecule has 6 nitrogen and oxygen atoms in total. The van der Waals surface area contributed by atoms with Gasteiger partial charge in [0.2, 0.25) is 0 Å². The summed E-state index contributed by atoms with van der Waals surface area (Å²) in [5.41, 5.74) is 1.52. The van der Waals surface area contributed by atoms with Crippen molar-refractivity contribution in [1.82, 2.24) is 9.88 Å². The molecular formula is C17H20N2O4. The number of nitrogens with one attached hydrogen (secondary N) is 1. The number of carboxylic acids is 1. The van der Waals surface area contributed by atoms with Gasteiger partial charge in [-0.3, -0.25) is 9.59 Å². The van der Waals surface area contributed by atoms with E-state index in [9.17, 15) is 9.59 Å². The Morgan fingerprint density at radius 2 is 2.04 bits per heavy atom. The van der Waals surface area contributed by atoms with E-state index in [1.807, 2.05) is 18.2 Å². The van der Waals surface area contributed by atoms with Gasteiger partial charge in [0.15, 0.2) is 0 Å². The number of rotatable bonds is 5. The number of ether oxygens (including phenoxy) is 1. The highest BCUT2D eigenvalue weighted by Gasteiger charge is 2.27. The molecule has 1 aromatic heterocycles. The van der Waals surface area contributed by atoms with E-state index in [2.05, 4.69) is 4.98 Å². The average Bonchev–Trinajstić information content (AvgIpc) is 3.04. The molecule has 2 aromatic rings. The van der Waals surface area contributed by atoms with Crippen molar-refractivity contribution in [3.63, 3.8) is 0 Å². The SMILES string of the molecule is O=C(O)CCN(C(=O)c1cccc2[nH]ccc12)C1CCOCC1. The lowest BCUT2D eigenvalue weighted by Crippen LogP contribution is -2.44. The second-order valence-corrected chi connectivity index (χ2v) is 5.73. The summed E-state index contributed by atoms with van der Waals surface area (Å²) >= 11 is 0. The first kappa shape index (κ1) is 15.6. The molecule has 6 heteroatoms. The van der Waals surface area contributed by atoms with Crippen LogP contribution in [0.5, 0.6) is 0 Å². The van der Waals surface area contributed by atoms with Crippen molar-refractivity contribution in [2.24, 2.45) is 0 Å². The second kappa shape index (κ2) is 6.83. The van der Waals surface area contributed by atoms with E-state index >= 15 is 0 Å². The van der Waals surface area contributed by atoms with Crippen molar-refractivity contribution < 1.29 is 19.4 Å². The summed E-state index contributed by atoms with van der Waals surface area (Å²) < 4.78 is 5.36. The summed E-state index contributed by atoms with van der Waals surface area (Å²) in [7, 11) is 0. The van der Waals surface area contributed by atoms with Crippen LogP contribution in [0.2, 0.25) is 0 Å². The topological polar surface area (TPSA) is 82.6 Å². The van der Waals surface area contributed by atoms with E-state index in [0.717, 1.165) is 23.7 Å². The summed E-state index contributed by atoms with van der Waals surface area (Å²) in [6.07, 6.45) is 3.24. The lowest BCUT2D eigenvalue weighted by atomic mass is 10.0. The first-order chi connectivity index (χ1) is 11.2. The Hall–Kier alpha value is -2.34. The highest BCUT2D eigenvalue weighted by molar-refractivity contribution is 6.06. The number of H-pyrrole nitrogens is 1. The lowest BCUT2D eigenvalue weighted by molar-refractivity contribution is -0.137. The molecule has 1 amide bonds. The smallest absolute Gasteiger partial charge is 0.305 e. The standard InChI is InChI=1S/C17H20N2O4/c20-16(21)5-9-19(12-6-10-23-11-7-12)17(22)14-2-1-3-15-13(14)4-8-18-15/h1-4,8,12,18H,5-7,9-11H2,(H,20,21). The van der Waals surface area contributed by atoms with Gasteiger partial charge >= 0.3 is 5.97 Å². The third kappa shape index (κ3) is 3.37. The fourth-order valence-electron chi connectivity index (χ4n) is 3.09. The van der Waals surface area contributed by atoms with Crippen molar-refractivity contribution >= 4 is 22.8 Å². The van der Waals surface area contributed by atoms with Gasteiger partial charge in [-0.2, -0.15) is 0 Å². The summed E-state index contributed by atoms with van der Waals surface area (Å²) in [5, 5.41) is 9.85. The minimum atomic E-state index is -0.894. The molecule has 0 atom stereocenters.